The van der Waals surface area contributed by atoms with Crippen molar-refractivity contribution >= 4 is 49.9 Å². The number of nitrogens with one attached hydrogen (secondary N) is 2. The number of amides is 2. The van der Waals surface area contributed by atoms with E-state index >= 15 is 0 Å². The van der Waals surface area contributed by atoms with Crippen LogP contribution in [-0.4, -0.2) is 29.7 Å². The lowest BCUT2D eigenvalue weighted by Gasteiger charge is -2.05. The van der Waals surface area contributed by atoms with Gasteiger partial charge in [0.2, 0.25) is 5.91 Å². The zero-order chi connectivity index (χ0) is 18.2. The number of phenols is 1. The summed E-state index contributed by atoms with van der Waals surface area (Å²) in [4.78, 5) is 23.5. The standard InChI is InChI=1S/C17H15Br2N3O3/c18-13-8-12(16(24)14(19)9-13)10-21-22-15(23)6-7-20-17(25)11-4-2-1-3-5-11/h1-5,8-10,24H,6-7H2,(H,20,25)(H,22,23)/b21-10-. The zero-order valence-electron chi connectivity index (χ0n) is 13.0. The van der Waals surface area contributed by atoms with Gasteiger partial charge in [0.1, 0.15) is 5.75 Å². The molecule has 2 rings (SSSR count). The lowest BCUT2D eigenvalue weighted by atomic mass is 10.2. The fourth-order valence-corrected chi connectivity index (χ4v) is 3.15. The second-order valence-corrected chi connectivity index (χ2v) is 6.76. The van der Waals surface area contributed by atoms with E-state index in [1.165, 1.54) is 6.21 Å². The molecule has 0 saturated carbocycles. The Bertz CT molecular complexity index is 795. The predicted molar refractivity (Wildman–Crippen MR) is 103 cm³/mol. The van der Waals surface area contributed by atoms with Crippen LogP contribution in [0.5, 0.6) is 5.75 Å². The van der Waals surface area contributed by atoms with Crippen molar-refractivity contribution in [2.45, 2.75) is 6.42 Å². The Balaban J connectivity index is 1.78. The van der Waals surface area contributed by atoms with E-state index in [0.717, 1.165) is 4.47 Å². The number of carbonyl (C=O) groups is 2. The molecular formula is C17H15Br2N3O3. The van der Waals surface area contributed by atoms with Crippen LogP contribution in [0.3, 0.4) is 0 Å². The predicted octanol–water partition coefficient (Wildman–Crippen LogP) is 3.19. The fraction of sp³-hybridized carbons (Fsp3) is 0.118. The number of hydrogen-bond acceptors (Lipinski definition) is 4. The summed E-state index contributed by atoms with van der Waals surface area (Å²) in [7, 11) is 0. The first-order chi connectivity index (χ1) is 12.0. The van der Waals surface area contributed by atoms with Crippen molar-refractivity contribution < 1.29 is 14.7 Å². The summed E-state index contributed by atoms with van der Waals surface area (Å²) in [5.41, 5.74) is 3.33. The lowest BCUT2D eigenvalue weighted by molar-refractivity contribution is -0.120. The molecule has 0 aliphatic heterocycles. The van der Waals surface area contributed by atoms with Crippen molar-refractivity contribution in [1.82, 2.24) is 10.7 Å². The maximum absolute atomic E-state index is 11.8. The number of benzene rings is 2. The first-order valence-electron chi connectivity index (χ1n) is 7.30. The molecule has 0 atom stereocenters. The molecule has 2 aromatic rings. The minimum Gasteiger partial charge on any atom is -0.506 e. The molecule has 3 N–H and O–H groups in total. The number of halogens is 2. The molecular weight excluding hydrogens is 454 g/mol. The van der Waals surface area contributed by atoms with E-state index in [0.29, 0.717) is 15.6 Å². The molecule has 0 unspecified atom stereocenters. The van der Waals surface area contributed by atoms with E-state index in [9.17, 15) is 14.7 Å². The highest BCUT2D eigenvalue weighted by Gasteiger charge is 2.07. The van der Waals surface area contributed by atoms with Gasteiger partial charge >= 0.3 is 0 Å². The molecule has 0 heterocycles. The van der Waals surface area contributed by atoms with Gasteiger partial charge in [0, 0.05) is 28.6 Å². The van der Waals surface area contributed by atoms with Gasteiger partial charge in [0.25, 0.3) is 5.91 Å². The first-order valence-corrected chi connectivity index (χ1v) is 8.89. The Morgan fingerprint density at radius 1 is 1.16 bits per heavy atom. The van der Waals surface area contributed by atoms with E-state index in [-0.39, 0.29) is 30.5 Å². The average molecular weight is 469 g/mol. The van der Waals surface area contributed by atoms with Gasteiger partial charge < -0.3 is 10.4 Å². The first kappa shape index (κ1) is 19.1. The molecule has 6 nitrogen and oxygen atoms in total. The molecule has 25 heavy (non-hydrogen) atoms. The molecule has 0 aliphatic carbocycles. The molecule has 0 bridgehead atoms. The number of rotatable bonds is 6. The van der Waals surface area contributed by atoms with Gasteiger partial charge in [-0.25, -0.2) is 5.43 Å². The smallest absolute Gasteiger partial charge is 0.251 e. The van der Waals surface area contributed by atoms with Gasteiger partial charge in [-0.2, -0.15) is 5.10 Å². The minimum absolute atomic E-state index is 0.0244. The Morgan fingerprint density at radius 2 is 1.88 bits per heavy atom. The summed E-state index contributed by atoms with van der Waals surface area (Å²) in [5, 5.41) is 16.3. The molecule has 0 fully saturated rings. The molecule has 8 heteroatoms. The van der Waals surface area contributed by atoms with Gasteiger partial charge in [-0.05, 0) is 40.2 Å². The molecule has 0 aliphatic rings. The number of carbonyl (C=O) groups excluding carboxylic acids is 2. The van der Waals surface area contributed by atoms with Crippen LogP contribution in [0.2, 0.25) is 0 Å². The molecule has 0 saturated heterocycles. The lowest BCUT2D eigenvalue weighted by Crippen LogP contribution is -2.28. The Labute approximate surface area is 161 Å². The number of aromatic hydroxyl groups is 1. The van der Waals surface area contributed by atoms with Crippen LogP contribution in [0.4, 0.5) is 0 Å². The van der Waals surface area contributed by atoms with E-state index < -0.39 is 0 Å². The Hall–Kier alpha value is -2.19. The number of hydrogen-bond donors (Lipinski definition) is 3. The quantitative estimate of drug-likeness (QED) is 0.449. The summed E-state index contributed by atoms with van der Waals surface area (Å²) in [6.45, 7) is 0.197. The summed E-state index contributed by atoms with van der Waals surface area (Å²) in [6.07, 6.45) is 1.43. The molecule has 130 valence electrons. The highest BCUT2D eigenvalue weighted by atomic mass is 79.9. The van der Waals surface area contributed by atoms with Crippen molar-refractivity contribution in [1.29, 1.82) is 0 Å². The molecule has 2 aromatic carbocycles. The summed E-state index contributed by atoms with van der Waals surface area (Å²) >= 11 is 6.52. The zero-order valence-corrected chi connectivity index (χ0v) is 16.2. The van der Waals surface area contributed by atoms with Crippen molar-refractivity contribution in [3.8, 4) is 5.75 Å². The van der Waals surface area contributed by atoms with Crippen molar-refractivity contribution in [3.63, 3.8) is 0 Å². The molecule has 0 aromatic heterocycles. The van der Waals surface area contributed by atoms with Gasteiger partial charge in [-0.15, -0.1) is 0 Å². The highest BCUT2D eigenvalue weighted by Crippen LogP contribution is 2.30. The average Bonchev–Trinajstić information content (AvgIpc) is 2.59. The highest BCUT2D eigenvalue weighted by molar-refractivity contribution is 9.11. The third-order valence-electron chi connectivity index (χ3n) is 3.12. The molecule has 0 radical (unpaired) electrons. The van der Waals surface area contributed by atoms with Gasteiger partial charge in [0.05, 0.1) is 10.7 Å². The molecule has 2 amide bonds. The third-order valence-corrected chi connectivity index (χ3v) is 4.19. The van der Waals surface area contributed by atoms with Crippen LogP contribution in [0.15, 0.2) is 56.5 Å². The van der Waals surface area contributed by atoms with Gasteiger partial charge in [-0.3, -0.25) is 9.59 Å². The molecule has 0 spiro atoms. The van der Waals surface area contributed by atoms with E-state index in [2.05, 4.69) is 47.7 Å². The third kappa shape index (κ3) is 5.99. The van der Waals surface area contributed by atoms with Crippen LogP contribution in [0.25, 0.3) is 0 Å². The van der Waals surface area contributed by atoms with Crippen LogP contribution >= 0.6 is 31.9 Å². The SMILES string of the molecule is O=C(CCNC(=O)c1ccccc1)N/N=C\c1cc(Br)cc(Br)c1O. The number of phenolic OH excluding ortho intramolecular Hbond substituents is 1. The Morgan fingerprint density at radius 3 is 2.60 bits per heavy atom. The van der Waals surface area contributed by atoms with Crippen LogP contribution in [-0.2, 0) is 4.79 Å². The fourth-order valence-electron chi connectivity index (χ4n) is 1.90. The van der Waals surface area contributed by atoms with Crippen molar-refractivity contribution in [2.75, 3.05) is 6.54 Å². The normalized spacial score (nSPS) is 10.6. The van der Waals surface area contributed by atoms with Gasteiger partial charge in [-0.1, -0.05) is 34.1 Å². The largest absolute Gasteiger partial charge is 0.506 e. The monoisotopic (exact) mass is 467 g/mol. The Kier molecular flexibility index (Phi) is 7.15. The number of hydrazone groups is 1. The van der Waals surface area contributed by atoms with E-state index in [4.69, 9.17) is 0 Å². The second-order valence-electron chi connectivity index (χ2n) is 4.99. The summed E-state index contributed by atoms with van der Waals surface area (Å²) in [6, 6.07) is 12.1. The topological polar surface area (TPSA) is 90.8 Å². The maximum Gasteiger partial charge on any atom is 0.251 e. The maximum atomic E-state index is 11.8. The van der Waals surface area contributed by atoms with Crippen LogP contribution in [0, 0.1) is 0 Å². The van der Waals surface area contributed by atoms with Gasteiger partial charge in [0.15, 0.2) is 0 Å². The van der Waals surface area contributed by atoms with E-state index in [1.54, 1.807) is 36.4 Å². The minimum atomic E-state index is -0.349. The van der Waals surface area contributed by atoms with Crippen LogP contribution < -0.4 is 10.7 Å². The van der Waals surface area contributed by atoms with Crippen LogP contribution in [0.1, 0.15) is 22.3 Å². The number of nitrogens with zero attached hydrogens (tertiary/aromatic N) is 1. The van der Waals surface area contributed by atoms with E-state index in [1.807, 2.05) is 6.07 Å². The van der Waals surface area contributed by atoms with Crippen molar-refractivity contribution in [3.05, 3.63) is 62.5 Å². The summed E-state index contributed by atoms with van der Waals surface area (Å²) < 4.78 is 1.27. The van der Waals surface area contributed by atoms with Crippen molar-refractivity contribution in [2.24, 2.45) is 5.10 Å². The second kappa shape index (κ2) is 9.33. The summed E-state index contributed by atoms with van der Waals surface area (Å²) in [5.74, 6) is -0.560.